The highest BCUT2D eigenvalue weighted by Gasteiger charge is 2.36. The Kier molecular flexibility index (Phi) is 10.5. The average molecular weight is 520 g/mol. The van der Waals surface area contributed by atoms with Gasteiger partial charge in [0.1, 0.15) is 24.7 Å². The molecule has 2 atom stereocenters. The van der Waals surface area contributed by atoms with Gasteiger partial charge >= 0.3 is 24.0 Å². The van der Waals surface area contributed by atoms with Crippen LogP contribution >= 0.6 is 0 Å². The van der Waals surface area contributed by atoms with E-state index in [-0.39, 0.29) is 38.2 Å². The van der Waals surface area contributed by atoms with Crippen LogP contribution in [-0.2, 0) is 48.2 Å². The minimum absolute atomic E-state index is 0.0168. The smallest absolute Gasteiger partial charge is 0.408 e. The summed E-state index contributed by atoms with van der Waals surface area (Å²) in [5, 5.41) is 34.4. The van der Waals surface area contributed by atoms with Gasteiger partial charge in [-0.25, -0.2) is 19.1 Å². The second-order valence-corrected chi connectivity index (χ2v) is 8.15. The summed E-state index contributed by atoms with van der Waals surface area (Å²) in [6.07, 6.45) is -1.81. The van der Waals surface area contributed by atoms with E-state index in [1.54, 1.807) is 30.3 Å². The van der Waals surface area contributed by atoms with Gasteiger partial charge in [0.05, 0.1) is 7.11 Å². The molecule has 0 aliphatic heterocycles. The lowest BCUT2D eigenvalue weighted by atomic mass is 9.95. The van der Waals surface area contributed by atoms with Gasteiger partial charge in [0, 0.05) is 12.8 Å². The molecule has 15 nitrogen and oxygen atoms in total. The van der Waals surface area contributed by atoms with Crippen molar-refractivity contribution in [3.8, 4) is 0 Å². The number of hydrogen-bond donors (Lipinski definition) is 4. The molecule has 2 amide bonds. The minimum Gasteiger partial charge on any atom is -0.480 e. The van der Waals surface area contributed by atoms with Gasteiger partial charge in [-0.2, -0.15) is 0 Å². The van der Waals surface area contributed by atoms with E-state index in [9.17, 15) is 34.2 Å². The predicted molar refractivity (Wildman–Crippen MR) is 123 cm³/mol. The molecule has 0 unspecified atom stereocenters. The molecule has 0 fully saturated rings. The first-order chi connectivity index (χ1) is 17.5. The number of hydrogen-bond acceptors (Lipinski definition) is 10. The number of ether oxygens (including phenoxy) is 2. The largest absolute Gasteiger partial charge is 0.480 e. The highest BCUT2D eigenvalue weighted by atomic mass is 16.5. The maximum Gasteiger partial charge on any atom is 0.408 e. The quantitative estimate of drug-likeness (QED) is 0.240. The first-order valence-corrected chi connectivity index (χ1v) is 11.1. The molecular formula is C22H28N6O9. The fraction of sp³-hybridized carbons (Fsp3) is 0.455. The molecule has 0 saturated carbocycles. The number of carboxylic acid groups (broad SMARTS) is 2. The van der Waals surface area contributed by atoms with Crippen LogP contribution in [0.25, 0.3) is 0 Å². The topological polar surface area (TPSA) is 212 Å². The number of rotatable bonds is 14. The lowest BCUT2D eigenvalue weighted by Gasteiger charge is -2.26. The number of carbonyl (C=O) groups excluding carboxylic acids is 3. The van der Waals surface area contributed by atoms with Crippen LogP contribution in [0.4, 0.5) is 4.79 Å². The lowest BCUT2D eigenvalue weighted by molar-refractivity contribution is -0.145. The summed E-state index contributed by atoms with van der Waals surface area (Å²) in [6, 6.07) is 7.42. The van der Waals surface area contributed by atoms with Crippen molar-refractivity contribution in [3.63, 3.8) is 0 Å². The van der Waals surface area contributed by atoms with Gasteiger partial charge in [0.2, 0.25) is 5.91 Å². The van der Waals surface area contributed by atoms with Crippen molar-refractivity contribution >= 4 is 29.9 Å². The maximum atomic E-state index is 12.4. The zero-order valence-corrected chi connectivity index (χ0v) is 20.2. The van der Waals surface area contributed by atoms with Gasteiger partial charge in [-0.15, -0.1) is 5.10 Å². The van der Waals surface area contributed by atoms with E-state index in [1.165, 1.54) is 14.0 Å². The van der Waals surface area contributed by atoms with E-state index < -0.39 is 47.9 Å². The Morgan fingerprint density at radius 2 is 1.84 bits per heavy atom. The van der Waals surface area contributed by atoms with Crippen LogP contribution in [0.15, 0.2) is 30.3 Å². The number of nitrogens with zero attached hydrogens (tertiary/aromatic N) is 4. The molecule has 0 aliphatic carbocycles. The van der Waals surface area contributed by atoms with Crippen molar-refractivity contribution < 1.29 is 43.7 Å². The monoisotopic (exact) mass is 520 g/mol. The Bertz CT molecular complexity index is 1110. The molecule has 0 radical (unpaired) electrons. The van der Waals surface area contributed by atoms with E-state index in [1.807, 2.05) is 0 Å². The summed E-state index contributed by atoms with van der Waals surface area (Å²) in [4.78, 5) is 59.4. The normalized spacial score (nSPS) is 13.0. The zero-order chi connectivity index (χ0) is 27.4. The van der Waals surface area contributed by atoms with Crippen molar-refractivity contribution in [2.24, 2.45) is 0 Å². The Hall–Kier alpha value is -4.56. The number of methoxy groups -OCH3 is 1. The third-order valence-electron chi connectivity index (χ3n) is 5.32. The summed E-state index contributed by atoms with van der Waals surface area (Å²) in [6.45, 7) is 0.867. The van der Waals surface area contributed by atoms with Crippen LogP contribution in [0.2, 0.25) is 0 Å². The van der Waals surface area contributed by atoms with Gasteiger partial charge in [0.25, 0.3) is 0 Å². The Morgan fingerprint density at radius 1 is 1.14 bits per heavy atom. The summed E-state index contributed by atoms with van der Waals surface area (Å²) in [5.41, 5.74) is -1.15. The minimum atomic E-state index is -1.85. The van der Waals surface area contributed by atoms with Crippen molar-refractivity contribution in [2.75, 3.05) is 7.11 Å². The second-order valence-electron chi connectivity index (χ2n) is 8.15. The van der Waals surface area contributed by atoms with Crippen LogP contribution in [0, 0.1) is 0 Å². The number of aliphatic carboxylic acids is 2. The second kappa shape index (κ2) is 13.5. The van der Waals surface area contributed by atoms with E-state index in [0.717, 1.165) is 4.68 Å². The average Bonchev–Trinajstić information content (AvgIpc) is 3.30. The zero-order valence-electron chi connectivity index (χ0n) is 20.2. The molecule has 15 heteroatoms. The summed E-state index contributed by atoms with van der Waals surface area (Å²) < 4.78 is 10.7. The summed E-state index contributed by atoms with van der Waals surface area (Å²) >= 11 is 0. The van der Waals surface area contributed by atoms with Gasteiger partial charge in [-0.3, -0.25) is 9.59 Å². The van der Waals surface area contributed by atoms with Crippen LogP contribution in [0.1, 0.15) is 37.6 Å². The first kappa shape index (κ1) is 28.7. The number of carboxylic acids is 2. The number of alkyl carbamates (subject to hydrolysis) is 1. The van der Waals surface area contributed by atoms with Crippen LogP contribution in [0.5, 0.6) is 0 Å². The molecule has 37 heavy (non-hydrogen) atoms. The lowest BCUT2D eigenvalue weighted by Crippen LogP contribution is -2.53. The van der Waals surface area contributed by atoms with Crippen molar-refractivity contribution in [2.45, 2.75) is 57.3 Å². The summed E-state index contributed by atoms with van der Waals surface area (Å²) in [5.74, 6) is -3.86. The molecule has 0 aliphatic rings. The molecule has 0 saturated heterocycles. The standard InChI is InChI=1S/C22H28N6O9/c1-22(20(33)34,24-21(35)37-13-14-6-4-3-5-7-14)11-10-17(29)23-15(19(31)32)8-9-16-25-26-27-28(16)12-18(30)36-2/h3-7,15H,8-13H2,1-2H3,(H,23,29)(H,24,35)(H,31,32)(H,33,34)/t15-,22-/m0/s1. The van der Waals surface area contributed by atoms with E-state index in [2.05, 4.69) is 30.9 Å². The molecule has 2 aromatic rings. The number of amides is 2. The fourth-order valence-electron chi connectivity index (χ4n) is 3.08. The van der Waals surface area contributed by atoms with E-state index in [4.69, 9.17) is 4.74 Å². The van der Waals surface area contributed by atoms with Gasteiger partial charge in [-0.05, 0) is 35.8 Å². The SMILES string of the molecule is COC(=O)Cn1nnnc1CC[C@H](NC(=O)CC[C@](C)(NC(=O)OCc1ccccc1)C(=O)O)C(=O)O. The number of carbonyl (C=O) groups is 5. The predicted octanol–water partition coefficient (Wildman–Crippen LogP) is -0.102. The first-order valence-electron chi connectivity index (χ1n) is 11.1. The molecule has 1 aromatic carbocycles. The Balaban J connectivity index is 1.89. The highest BCUT2D eigenvalue weighted by molar-refractivity contribution is 5.86. The van der Waals surface area contributed by atoms with Crippen molar-refractivity contribution in [3.05, 3.63) is 41.7 Å². The van der Waals surface area contributed by atoms with Gasteiger partial charge in [-0.1, -0.05) is 30.3 Å². The number of aryl methyl sites for hydroxylation is 1. The van der Waals surface area contributed by atoms with Crippen LogP contribution < -0.4 is 10.6 Å². The number of esters is 1. The Labute approximate surface area is 211 Å². The highest BCUT2D eigenvalue weighted by Crippen LogP contribution is 2.14. The molecule has 1 aromatic heterocycles. The fourth-order valence-corrected chi connectivity index (χ4v) is 3.08. The molecule has 0 bridgehead atoms. The van der Waals surface area contributed by atoms with Crippen molar-refractivity contribution in [1.29, 1.82) is 0 Å². The van der Waals surface area contributed by atoms with Gasteiger partial charge in [0.15, 0.2) is 5.82 Å². The molecule has 1 heterocycles. The third-order valence-corrected chi connectivity index (χ3v) is 5.32. The van der Waals surface area contributed by atoms with Crippen LogP contribution in [-0.4, -0.2) is 79.0 Å². The number of nitrogens with one attached hydrogen (secondary N) is 2. The van der Waals surface area contributed by atoms with Gasteiger partial charge < -0.3 is 30.3 Å². The third kappa shape index (κ3) is 9.19. The number of aromatic nitrogens is 4. The van der Waals surface area contributed by atoms with Crippen molar-refractivity contribution in [1.82, 2.24) is 30.8 Å². The molecule has 4 N–H and O–H groups in total. The summed E-state index contributed by atoms with van der Waals surface area (Å²) in [7, 11) is 1.20. The Morgan fingerprint density at radius 3 is 2.46 bits per heavy atom. The molecular weight excluding hydrogens is 492 g/mol. The van der Waals surface area contributed by atoms with Crippen LogP contribution in [0.3, 0.4) is 0 Å². The molecule has 0 spiro atoms. The number of tetrazole rings is 1. The van der Waals surface area contributed by atoms with E-state index >= 15 is 0 Å². The number of benzene rings is 1. The molecule has 200 valence electrons. The van der Waals surface area contributed by atoms with E-state index in [0.29, 0.717) is 5.56 Å². The molecule has 2 rings (SSSR count). The maximum absolute atomic E-state index is 12.4.